The minimum Gasteiger partial charge on any atom is -0.245 e. The van der Waals surface area contributed by atoms with Gasteiger partial charge in [0.1, 0.15) is 6.33 Å². The number of hydrogen-bond donors (Lipinski definition) is 0. The van der Waals surface area contributed by atoms with Crippen molar-refractivity contribution in [3.63, 3.8) is 0 Å². The lowest BCUT2D eigenvalue weighted by molar-refractivity contribution is 0.915. The van der Waals surface area contributed by atoms with Crippen LogP contribution in [0.1, 0.15) is 12.0 Å². The summed E-state index contributed by atoms with van der Waals surface area (Å²) in [5.41, 5.74) is 1.21. The van der Waals surface area contributed by atoms with E-state index in [1.807, 2.05) is 12.4 Å². The van der Waals surface area contributed by atoms with Gasteiger partial charge in [-0.25, -0.2) is 9.97 Å². The summed E-state index contributed by atoms with van der Waals surface area (Å²) in [5, 5.41) is 1.04. The average molecular weight is 201 g/mol. The molecular weight excluding hydrogens is 192 g/mol. The van der Waals surface area contributed by atoms with Gasteiger partial charge in [-0.05, 0) is 18.4 Å². The van der Waals surface area contributed by atoms with Gasteiger partial charge in [-0.2, -0.15) is 0 Å². The highest BCUT2D eigenvalue weighted by Crippen LogP contribution is 1.99. The number of rotatable bonds is 3. The first-order valence-corrected chi connectivity index (χ1v) is 4.35. The first-order valence-electron chi connectivity index (χ1n) is 3.23. The number of nitrogens with zero attached hydrogens (tertiary/aromatic N) is 2. The third-order valence-corrected chi connectivity index (χ3v) is 1.77. The van der Waals surface area contributed by atoms with Crippen molar-refractivity contribution in [2.75, 3.05) is 5.33 Å². The molecule has 54 valence electrons. The molecule has 0 radical (unpaired) electrons. The molecule has 0 saturated carbocycles. The highest BCUT2D eigenvalue weighted by atomic mass is 79.9. The van der Waals surface area contributed by atoms with E-state index in [9.17, 15) is 0 Å². The van der Waals surface area contributed by atoms with Crippen LogP contribution in [0.15, 0.2) is 18.7 Å². The van der Waals surface area contributed by atoms with Gasteiger partial charge in [0.2, 0.25) is 0 Å². The molecule has 3 heteroatoms. The third kappa shape index (κ3) is 2.43. The van der Waals surface area contributed by atoms with Gasteiger partial charge in [-0.1, -0.05) is 15.9 Å². The first kappa shape index (κ1) is 7.66. The summed E-state index contributed by atoms with van der Waals surface area (Å²) >= 11 is 3.37. The van der Waals surface area contributed by atoms with E-state index in [1.54, 1.807) is 6.33 Å². The Morgan fingerprint density at radius 1 is 1.30 bits per heavy atom. The van der Waals surface area contributed by atoms with E-state index in [4.69, 9.17) is 0 Å². The molecule has 1 aromatic rings. The largest absolute Gasteiger partial charge is 0.245 e. The molecule has 0 aliphatic heterocycles. The summed E-state index contributed by atoms with van der Waals surface area (Å²) < 4.78 is 0. The lowest BCUT2D eigenvalue weighted by atomic mass is 10.2. The van der Waals surface area contributed by atoms with Crippen LogP contribution in [-0.4, -0.2) is 15.3 Å². The molecule has 1 heterocycles. The fourth-order valence-electron chi connectivity index (χ4n) is 0.730. The minimum absolute atomic E-state index is 1.04. The molecule has 0 aromatic carbocycles. The molecule has 0 fully saturated rings. The predicted octanol–water partition coefficient (Wildman–Crippen LogP) is 1.80. The second-order valence-corrected chi connectivity index (χ2v) is 2.83. The van der Waals surface area contributed by atoms with Gasteiger partial charge in [0.25, 0.3) is 0 Å². The lowest BCUT2D eigenvalue weighted by Crippen LogP contribution is -1.87. The Morgan fingerprint density at radius 2 is 2.00 bits per heavy atom. The fourth-order valence-corrected chi connectivity index (χ4v) is 1.01. The first-order chi connectivity index (χ1) is 4.93. The minimum atomic E-state index is 1.04. The zero-order valence-corrected chi connectivity index (χ0v) is 7.21. The van der Waals surface area contributed by atoms with Crippen molar-refractivity contribution >= 4 is 15.9 Å². The number of halogens is 1. The standard InChI is InChI=1S/C7H9BrN2/c8-3-1-2-7-4-9-6-10-5-7/h4-6H,1-3H2. The average Bonchev–Trinajstić information content (AvgIpc) is 2.03. The van der Waals surface area contributed by atoms with Crippen molar-refractivity contribution in [2.24, 2.45) is 0 Å². The summed E-state index contributed by atoms with van der Waals surface area (Å²) in [6, 6.07) is 0. The van der Waals surface area contributed by atoms with E-state index >= 15 is 0 Å². The molecule has 0 spiro atoms. The maximum absolute atomic E-state index is 3.91. The maximum atomic E-state index is 3.91. The summed E-state index contributed by atoms with van der Waals surface area (Å²) in [6.07, 6.45) is 7.47. The van der Waals surface area contributed by atoms with Gasteiger partial charge >= 0.3 is 0 Å². The Kier molecular flexibility index (Phi) is 3.36. The molecule has 0 atom stereocenters. The zero-order chi connectivity index (χ0) is 7.23. The van der Waals surface area contributed by atoms with E-state index < -0.39 is 0 Å². The molecule has 0 amide bonds. The van der Waals surface area contributed by atoms with Crippen molar-refractivity contribution in [3.8, 4) is 0 Å². The second kappa shape index (κ2) is 4.39. The second-order valence-electron chi connectivity index (χ2n) is 2.04. The zero-order valence-electron chi connectivity index (χ0n) is 5.63. The molecule has 0 aliphatic rings. The Hall–Kier alpha value is -0.440. The smallest absolute Gasteiger partial charge is 0.115 e. The molecule has 0 bridgehead atoms. The summed E-state index contributed by atoms with van der Waals surface area (Å²) in [5.74, 6) is 0. The van der Waals surface area contributed by atoms with Crippen molar-refractivity contribution < 1.29 is 0 Å². The fraction of sp³-hybridized carbons (Fsp3) is 0.429. The topological polar surface area (TPSA) is 25.8 Å². The number of aryl methyl sites for hydroxylation is 1. The van der Waals surface area contributed by atoms with E-state index in [-0.39, 0.29) is 0 Å². The Balaban J connectivity index is 2.43. The van der Waals surface area contributed by atoms with Crippen LogP contribution < -0.4 is 0 Å². The van der Waals surface area contributed by atoms with Crippen LogP contribution in [-0.2, 0) is 6.42 Å². The quantitative estimate of drug-likeness (QED) is 0.697. The maximum Gasteiger partial charge on any atom is 0.115 e. The van der Waals surface area contributed by atoms with Crippen molar-refractivity contribution in [1.29, 1.82) is 0 Å². The number of aromatic nitrogens is 2. The lowest BCUT2D eigenvalue weighted by Gasteiger charge is -1.94. The Labute approximate surface area is 68.8 Å². The number of alkyl halides is 1. The molecule has 1 aromatic heterocycles. The van der Waals surface area contributed by atoms with Gasteiger partial charge in [-0.3, -0.25) is 0 Å². The van der Waals surface area contributed by atoms with E-state index in [2.05, 4.69) is 25.9 Å². The van der Waals surface area contributed by atoms with Gasteiger partial charge < -0.3 is 0 Å². The van der Waals surface area contributed by atoms with Crippen LogP contribution in [0.4, 0.5) is 0 Å². The highest BCUT2D eigenvalue weighted by molar-refractivity contribution is 9.09. The van der Waals surface area contributed by atoms with Crippen LogP contribution in [0.5, 0.6) is 0 Å². The van der Waals surface area contributed by atoms with Crippen molar-refractivity contribution in [1.82, 2.24) is 9.97 Å². The Bertz CT molecular complexity index is 176. The monoisotopic (exact) mass is 200 g/mol. The van der Waals surface area contributed by atoms with Crippen molar-refractivity contribution in [3.05, 3.63) is 24.3 Å². The van der Waals surface area contributed by atoms with Gasteiger partial charge in [0.05, 0.1) is 0 Å². The molecule has 10 heavy (non-hydrogen) atoms. The van der Waals surface area contributed by atoms with Crippen LogP contribution >= 0.6 is 15.9 Å². The molecule has 1 rings (SSSR count). The van der Waals surface area contributed by atoms with Gasteiger partial charge in [0, 0.05) is 17.7 Å². The van der Waals surface area contributed by atoms with Crippen molar-refractivity contribution in [2.45, 2.75) is 12.8 Å². The molecule has 0 N–H and O–H groups in total. The number of hydrogen-bond acceptors (Lipinski definition) is 2. The van der Waals surface area contributed by atoms with Gasteiger partial charge in [0.15, 0.2) is 0 Å². The van der Waals surface area contributed by atoms with Gasteiger partial charge in [-0.15, -0.1) is 0 Å². The van der Waals surface area contributed by atoms with Crippen LogP contribution in [0, 0.1) is 0 Å². The van der Waals surface area contributed by atoms with E-state index in [1.165, 1.54) is 5.56 Å². The summed E-state index contributed by atoms with van der Waals surface area (Å²) in [6.45, 7) is 0. The molecule has 0 aliphatic carbocycles. The summed E-state index contributed by atoms with van der Waals surface area (Å²) in [4.78, 5) is 7.82. The normalized spacial score (nSPS) is 9.70. The SMILES string of the molecule is BrCCCc1cncnc1. The Morgan fingerprint density at radius 3 is 2.60 bits per heavy atom. The third-order valence-electron chi connectivity index (χ3n) is 1.21. The predicted molar refractivity (Wildman–Crippen MR) is 44.1 cm³/mol. The molecular formula is C7H9BrN2. The molecule has 0 saturated heterocycles. The molecule has 2 nitrogen and oxygen atoms in total. The van der Waals surface area contributed by atoms with Crippen LogP contribution in [0.2, 0.25) is 0 Å². The molecule has 0 unspecified atom stereocenters. The highest BCUT2D eigenvalue weighted by Gasteiger charge is 1.89. The van der Waals surface area contributed by atoms with Crippen LogP contribution in [0.3, 0.4) is 0 Å². The van der Waals surface area contributed by atoms with Crippen LogP contribution in [0.25, 0.3) is 0 Å². The van der Waals surface area contributed by atoms with E-state index in [0.717, 1.165) is 18.2 Å². The summed E-state index contributed by atoms with van der Waals surface area (Å²) in [7, 11) is 0. The van der Waals surface area contributed by atoms with E-state index in [0.29, 0.717) is 0 Å².